The summed E-state index contributed by atoms with van der Waals surface area (Å²) in [6.45, 7) is 7.19. The summed E-state index contributed by atoms with van der Waals surface area (Å²) in [7, 11) is 0. The summed E-state index contributed by atoms with van der Waals surface area (Å²) in [5.41, 5.74) is 1.21. The van der Waals surface area contributed by atoms with Crippen molar-refractivity contribution in [1.29, 1.82) is 0 Å². The second-order valence-electron chi connectivity index (χ2n) is 3.13. The van der Waals surface area contributed by atoms with Gasteiger partial charge in [0.1, 0.15) is 0 Å². The van der Waals surface area contributed by atoms with Crippen LogP contribution in [0.2, 0.25) is 0 Å². The Labute approximate surface area is 89.7 Å². The second-order valence-corrected chi connectivity index (χ2v) is 4.16. The molecule has 1 nitrogen and oxygen atoms in total. The molecule has 0 N–H and O–H groups in total. The molecule has 0 aliphatic rings. The minimum Gasteiger partial charge on any atom is -0.377 e. The lowest BCUT2D eigenvalue weighted by molar-refractivity contribution is 0.160. The molecule has 0 radical (unpaired) electrons. The Morgan fingerprint density at radius 3 is 3.14 bits per heavy atom. The van der Waals surface area contributed by atoms with Gasteiger partial charge in [-0.2, -0.15) is 0 Å². The molecule has 0 saturated carbocycles. The molecule has 0 amide bonds. The van der Waals surface area contributed by atoms with Gasteiger partial charge in [-0.15, -0.1) is 11.3 Å². The molecule has 2 heteroatoms. The Morgan fingerprint density at radius 1 is 1.64 bits per heavy atom. The van der Waals surface area contributed by atoms with Crippen molar-refractivity contribution in [2.45, 2.75) is 13.3 Å². The zero-order valence-corrected chi connectivity index (χ0v) is 9.35. The SMILES string of the molecule is C=C/C=C(\C)COCCc1cccs1. The maximum Gasteiger partial charge on any atom is 0.0677 e. The van der Waals surface area contributed by atoms with E-state index in [0.29, 0.717) is 6.61 Å². The van der Waals surface area contributed by atoms with Gasteiger partial charge in [-0.3, -0.25) is 0 Å². The van der Waals surface area contributed by atoms with Crippen molar-refractivity contribution in [2.75, 3.05) is 13.2 Å². The standard InChI is InChI=1S/C12H16OS/c1-3-5-11(2)10-13-8-7-12-6-4-9-14-12/h3-6,9H,1,7-8,10H2,2H3/b11-5+. The first kappa shape index (κ1) is 11.2. The summed E-state index contributed by atoms with van der Waals surface area (Å²) in [5.74, 6) is 0. The van der Waals surface area contributed by atoms with Crippen molar-refractivity contribution in [2.24, 2.45) is 0 Å². The van der Waals surface area contributed by atoms with E-state index in [2.05, 4.69) is 24.1 Å². The summed E-state index contributed by atoms with van der Waals surface area (Å²) < 4.78 is 5.51. The number of hydrogen-bond acceptors (Lipinski definition) is 2. The first-order valence-corrected chi connectivity index (χ1v) is 5.59. The molecule has 0 saturated heterocycles. The molecule has 0 aliphatic carbocycles. The van der Waals surface area contributed by atoms with E-state index in [0.717, 1.165) is 13.0 Å². The summed E-state index contributed by atoms with van der Waals surface area (Å²) in [6, 6.07) is 4.21. The predicted molar refractivity (Wildman–Crippen MR) is 62.8 cm³/mol. The van der Waals surface area contributed by atoms with Crippen LogP contribution in [0.3, 0.4) is 0 Å². The maximum absolute atomic E-state index is 5.51. The van der Waals surface area contributed by atoms with Gasteiger partial charge in [0.05, 0.1) is 13.2 Å². The molecular weight excluding hydrogens is 192 g/mol. The molecule has 1 heterocycles. The lowest BCUT2D eigenvalue weighted by Gasteiger charge is -2.02. The molecule has 0 bridgehead atoms. The number of hydrogen-bond donors (Lipinski definition) is 0. The van der Waals surface area contributed by atoms with Gasteiger partial charge in [0.15, 0.2) is 0 Å². The molecule has 76 valence electrons. The van der Waals surface area contributed by atoms with Gasteiger partial charge in [-0.05, 0) is 23.9 Å². The fourth-order valence-electron chi connectivity index (χ4n) is 1.11. The second kappa shape index (κ2) is 6.57. The number of thiophene rings is 1. The quantitative estimate of drug-likeness (QED) is 0.514. The van der Waals surface area contributed by atoms with Gasteiger partial charge in [0.2, 0.25) is 0 Å². The van der Waals surface area contributed by atoms with Crippen molar-refractivity contribution >= 4 is 11.3 Å². The van der Waals surface area contributed by atoms with Crippen LogP contribution in [0.1, 0.15) is 11.8 Å². The molecular formula is C12H16OS. The molecule has 0 spiro atoms. The third kappa shape index (κ3) is 4.40. The third-order valence-corrected chi connectivity index (χ3v) is 2.74. The predicted octanol–water partition coefficient (Wildman–Crippen LogP) is 3.44. The van der Waals surface area contributed by atoms with Gasteiger partial charge in [-0.25, -0.2) is 0 Å². The van der Waals surface area contributed by atoms with E-state index < -0.39 is 0 Å². The van der Waals surface area contributed by atoms with Crippen LogP contribution >= 0.6 is 11.3 Å². The molecule has 1 aromatic rings. The van der Waals surface area contributed by atoms with Crippen LogP contribution in [0.25, 0.3) is 0 Å². The normalized spacial score (nSPS) is 11.6. The zero-order chi connectivity index (χ0) is 10.2. The van der Waals surface area contributed by atoms with Crippen molar-refractivity contribution in [3.8, 4) is 0 Å². The first-order chi connectivity index (χ1) is 6.83. The average Bonchev–Trinajstić information content (AvgIpc) is 2.65. The molecule has 0 fully saturated rings. The Hall–Kier alpha value is -0.860. The molecule has 0 aliphatic heterocycles. The minimum absolute atomic E-state index is 0.706. The Balaban J connectivity index is 2.11. The summed E-state index contributed by atoms with van der Waals surface area (Å²) >= 11 is 1.78. The number of rotatable bonds is 6. The fourth-order valence-corrected chi connectivity index (χ4v) is 1.80. The number of ether oxygens (including phenoxy) is 1. The van der Waals surface area contributed by atoms with Gasteiger partial charge in [-0.1, -0.05) is 24.8 Å². The van der Waals surface area contributed by atoms with Gasteiger partial charge in [0.25, 0.3) is 0 Å². The highest BCUT2D eigenvalue weighted by molar-refractivity contribution is 7.09. The van der Waals surface area contributed by atoms with Crippen molar-refractivity contribution in [1.82, 2.24) is 0 Å². The summed E-state index contributed by atoms with van der Waals surface area (Å²) in [4.78, 5) is 1.38. The largest absolute Gasteiger partial charge is 0.377 e. The molecule has 0 unspecified atom stereocenters. The molecule has 0 atom stereocenters. The lowest BCUT2D eigenvalue weighted by atomic mass is 10.3. The van der Waals surface area contributed by atoms with E-state index in [1.165, 1.54) is 10.5 Å². The van der Waals surface area contributed by atoms with E-state index in [4.69, 9.17) is 4.74 Å². The van der Waals surface area contributed by atoms with Gasteiger partial charge in [0, 0.05) is 11.3 Å². The highest BCUT2D eigenvalue weighted by Gasteiger charge is 1.94. The Bertz CT molecular complexity index is 285. The topological polar surface area (TPSA) is 9.23 Å². The van der Waals surface area contributed by atoms with Gasteiger partial charge >= 0.3 is 0 Å². The monoisotopic (exact) mass is 208 g/mol. The van der Waals surface area contributed by atoms with Crippen LogP contribution in [-0.4, -0.2) is 13.2 Å². The molecule has 1 aromatic heterocycles. The average molecular weight is 208 g/mol. The summed E-state index contributed by atoms with van der Waals surface area (Å²) in [5, 5.41) is 2.10. The minimum atomic E-state index is 0.706. The molecule has 1 rings (SSSR count). The smallest absolute Gasteiger partial charge is 0.0677 e. The Kier molecular flexibility index (Phi) is 5.27. The zero-order valence-electron chi connectivity index (χ0n) is 8.53. The lowest BCUT2D eigenvalue weighted by Crippen LogP contribution is -1.99. The van der Waals surface area contributed by atoms with E-state index >= 15 is 0 Å². The first-order valence-electron chi connectivity index (χ1n) is 4.71. The number of allylic oxidation sites excluding steroid dienone is 2. The van der Waals surface area contributed by atoms with Crippen LogP contribution in [-0.2, 0) is 11.2 Å². The van der Waals surface area contributed by atoms with Crippen molar-refractivity contribution in [3.63, 3.8) is 0 Å². The van der Waals surface area contributed by atoms with Crippen LogP contribution in [0.5, 0.6) is 0 Å². The van der Waals surface area contributed by atoms with E-state index in [1.54, 1.807) is 17.4 Å². The highest BCUT2D eigenvalue weighted by Crippen LogP contribution is 2.09. The van der Waals surface area contributed by atoms with Crippen LogP contribution < -0.4 is 0 Å². The molecule has 0 aromatic carbocycles. The van der Waals surface area contributed by atoms with E-state index in [-0.39, 0.29) is 0 Å². The molecule has 14 heavy (non-hydrogen) atoms. The maximum atomic E-state index is 5.51. The van der Waals surface area contributed by atoms with E-state index in [9.17, 15) is 0 Å². The van der Waals surface area contributed by atoms with Gasteiger partial charge < -0.3 is 4.74 Å². The van der Waals surface area contributed by atoms with Crippen LogP contribution in [0.15, 0.2) is 41.8 Å². The highest BCUT2D eigenvalue weighted by atomic mass is 32.1. The van der Waals surface area contributed by atoms with Crippen molar-refractivity contribution < 1.29 is 4.74 Å². The van der Waals surface area contributed by atoms with Crippen molar-refractivity contribution in [3.05, 3.63) is 46.7 Å². The van der Waals surface area contributed by atoms with E-state index in [1.807, 2.05) is 13.0 Å². The summed E-state index contributed by atoms with van der Waals surface area (Å²) in [6.07, 6.45) is 4.78. The van der Waals surface area contributed by atoms with Crippen LogP contribution in [0.4, 0.5) is 0 Å². The fraction of sp³-hybridized carbons (Fsp3) is 0.333. The third-order valence-electron chi connectivity index (χ3n) is 1.81. The Morgan fingerprint density at radius 2 is 2.50 bits per heavy atom. The van der Waals surface area contributed by atoms with Crippen LogP contribution in [0, 0.1) is 0 Å².